The minimum atomic E-state index is -0.834. The number of carbonyl (C=O) groups excluding carboxylic acids is 2. The van der Waals surface area contributed by atoms with Gasteiger partial charge in [0.2, 0.25) is 0 Å². The Kier molecular flexibility index (Phi) is 7.67. The number of amides is 1. The number of aryl methyl sites for hydroxylation is 1. The zero-order chi connectivity index (χ0) is 26.7. The lowest BCUT2D eigenvalue weighted by molar-refractivity contribution is -0.132. The van der Waals surface area contributed by atoms with E-state index in [0.717, 1.165) is 5.56 Å². The molecule has 0 bridgehead atoms. The number of carbonyl (C=O) groups is 2. The van der Waals surface area contributed by atoms with Crippen LogP contribution in [0.4, 0.5) is 5.69 Å². The monoisotopic (exact) mass is 499 g/mol. The van der Waals surface area contributed by atoms with E-state index in [4.69, 9.17) is 9.47 Å². The predicted octanol–water partition coefficient (Wildman–Crippen LogP) is 6.44. The molecule has 1 amide bonds. The highest BCUT2D eigenvalue weighted by molar-refractivity contribution is 6.51. The number of benzene rings is 3. The average molecular weight is 500 g/mol. The van der Waals surface area contributed by atoms with E-state index < -0.39 is 17.7 Å². The lowest BCUT2D eigenvalue weighted by Crippen LogP contribution is -2.29. The van der Waals surface area contributed by atoms with Gasteiger partial charge in [0.1, 0.15) is 17.3 Å². The number of ketones is 1. The summed E-state index contributed by atoms with van der Waals surface area (Å²) in [6.07, 6.45) is -0.0575. The summed E-state index contributed by atoms with van der Waals surface area (Å²) in [5.74, 6) is -0.156. The number of ether oxygens (including phenoxy) is 2. The standard InChI is InChI=1S/C31H33NO5/c1-19(2)18-36-25-13-7-10-22(16-25)28-27(29(33)23-11-8-14-26(17-23)37-20(3)4)30(34)31(35)32(28)24-12-6-9-21(5)15-24/h6-17,19-20,28,33H,18H2,1-5H3/b29-27+. The van der Waals surface area contributed by atoms with Crippen LogP contribution in [-0.2, 0) is 9.59 Å². The Labute approximate surface area is 218 Å². The van der Waals surface area contributed by atoms with Gasteiger partial charge in [-0.1, -0.05) is 50.2 Å². The summed E-state index contributed by atoms with van der Waals surface area (Å²) in [5.41, 5.74) is 2.62. The predicted molar refractivity (Wildman–Crippen MR) is 145 cm³/mol. The summed E-state index contributed by atoms with van der Waals surface area (Å²) >= 11 is 0. The van der Waals surface area contributed by atoms with Crippen molar-refractivity contribution < 1.29 is 24.2 Å². The second-order valence-corrected chi connectivity index (χ2v) is 9.98. The van der Waals surface area contributed by atoms with Gasteiger partial charge in [0.15, 0.2) is 0 Å². The van der Waals surface area contributed by atoms with Gasteiger partial charge in [-0.15, -0.1) is 0 Å². The Bertz CT molecular complexity index is 1340. The molecule has 1 unspecified atom stereocenters. The Hall–Kier alpha value is -4.06. The fourth-order valence-electron chi connectivity index (χ4n) is 4.37. The van der Waals surface area contributed by atoms with Gasteiger partial charge in [-0.2, -0.15) is 0 Å². The molecule has 1 saturated heterocycles. The summed E-state index contributed by atoms with van der Waals surface area (Å²) in [5, 5.41) is 11.5. The summed E-state index contributed by atoms with van der Waals surface area (Å²) in [6, 6.07) is 20.8. The van der Waals surface area contributed by atoms with E-state index in [9.17, 15) is 14.7 Å². The first kappa shape index (κ1) is 26.0. The van der Waals surface area contributed by atoms with Crippen LogP contribution in [-0.4, -0.2) is 29.5 Å². The zero-order valence-corrected chi connectivity index (χ0v) is 21.9. The van der Waals surface area contributed by atoms with Crippen LogP contribution in [0.2, 0.25) is 0 Å². The number of anilines is 1. The molecule has 1 heterocycles. The molecule has 0 saturated carbocycles. The van der Waals surface area contributed by atoms with Crippen LogP contribution in [0, 0.1) is 12.8 Å². The van der Waals surface area contributed by atoms with Crippen LogP contribution >= 0.6 is 0 Å². The number of hydrogen-bond donors (Lipinski definition) is 1. The van der Waals surface area contributed by atoms with Crippen molar-refractivity contribution in [3.05, 3.63) is 95.1 Å². The first-order valence-corrected chi connectivity index (χ1v) is 12.5. The van der Waals surface area contributed by atoms with Gasteiger partial charge in [0.25, 0.3) is 11.7 Å². The van der Waals surface area contributed by atoms with Crippen molar-refractivity contribution in [2.24, 2.45) is 5.92 Å². The fourth-order valence-corrected chi connectivity index (χ4v) is 4.37. The molecule has 1 N–H and O–H groups in total. The lowest BCUT2D eigenvalue weighted by Gasteiger charge is -2.26. The maximum absolute atomic E-state index is 13.5. The normalized spacial score (nSPS) is 17.1. The van der Waals surface area contributed by atoms with Crippen LogP contribution in [0.15, 0.2) is 78.4 Å². The maximum Gasteiger partial charge on any atom is 0.300 e. The van der Waals surface area contributed by atoms with Crippen LogP contribution in [0.5, 0.6) is 11.5 Å². The minimum absolute atomic E-state index is 0.0224. The first-order valence-electron chi connectivity index (χ1n) is 12.5. The zero-order valence-electron chi connectivity index (χ0n) is 21.9. The minimum Gasteiger partial charge on any atom is -0.507 e. The molecule has 1 fully saturated rings. The molecule has 0 spiro atoms. The smallest absolute Gasteiger partial charge is 0.300 e. The molecule has 6 nitrogen and oxygen atoms in total. The van der Waals surface area contributed by atoms with Gasteiger partial charge < -0.3 is 14.6 Å². The SMILES string of the molecule is Cc1cccc(N2C(=O)C(=O)/C(=C(/O)c3cccc(OC(C)C)c3)C2c2cccc(OCC(C)C)c2)c1. The molecule has 0 aliphatic carbocycles. The van der Waals surface area contributed by atoms with Gasteiger partial charge in [0, 0.05) is 11.3 Å². The second kappa shape index (κ2) is 10.9. The number of nitrogens with zero attached hydrogens (tertiary/aromatic N) is 1. The van der Waals surface area contributed by atoms with Gasteiger partial charge in [-0.05, 0) is 74.2 Å². The number of aliphatic hydroxyl groups is 1. The van der Waals surface area contributed by atoms with E-state index in [2.05, 4.69) is 13.8 Å². The van der Waals surface area contributed by atoms with Crippen molar-refractivity contribution in [1.82, 2.24) is 0 Å². The molecule has 0 aromatic heterocycles. The van der Waals surface area contributed by atoms with E-state index in [1.165, 1.54) is 4.90 Å². The fraction of sp³-hybridized carbons (Fsp3) is 0.290. The molecular weight excluding hydrogens is 466 g/mol. The van der Waals surface area contributed by atoms with Crippen LogP contribution in [0.3, 0.4) is 0 Å². The van der Waals surface area contributed by atoms with Gasteiger partial charge in [-0.25, -0.2) is 0 Å². The van der Waals surface area contributed by atoms with E-state index in [1.807, 2.05) is 63.2 Å². The first-order chi connectivity index (χ1) is 17.7. The molecule has 1 atom stereocenters. The third-order valence-corrected chi connectivity index (χ3v) is 5.96. The van der Waals surface area contributed by atoms with Crippen molar-refractivity contribution in [2.75, 3.05) is 11.5 Å². The molecule has 3 aromatic rings. The summed E-state index contributed by atoms with van der Waals surface area (Å²) in [7, 11) is 0. The highest BCUT2D eigenvalue weighted by Gasteiger charge is 2.47. The van der Waals surface area contributed by atoms with Crippen LogP contribution < -0.4 is 14.4 Å². The van der Waals surface area contributed by atoms with Gasteiger partial charge >= 0.3 is 0 Å². The Balaban J connectivity index is 1.88. The van der Waals surface area contributed by atoms with E-state index in [-0.39, 0.29) is 17.4 Å². The number of Topliss-reactive ketones (excluding diaryl/α,β-unsaturated/α-hetero) is 1. The third-order valence-electron chi connectivity index (χ3n) is 5.96. The molecule has 0 radical (unpaired) electrons. The number of hydrogen-bond acceptors (Lipinski definition) is 5. The van der Waals surface area contributed by atoms with Crippen molar-refractivity contribution in [1.29, 1.82) is 0 Å². The summed E-state index contributed by atoms with van der Waals surface area (Å²) < 4.78 is 11.7. The summed E-state index contributed by atoms with van der Waals surface area (Å²) in [6.45, 7) is 10.4. The quantitative estimate of drug-likeness (QED) is 0.219. The van der Waals surface area contributed by atoms with E-state index >= 15 is 0 Å². The molecule has 1 aliphatic heterocycles. The molecular formula is C31H33NO5. The highest BCUT2D eigenvalue weighted by atomic mass is 16.5. The highest BCUT2D eigenvalue weighted by Crippen LogP contribution is 2.43. The van der Waals surface area contributed by atoms with E-state index in [1.54, 1.807) is 30.3 Å². The molecule has 6 heteroatoms. The third kappa shape index (κ3) is 5.69. The Morgan fingerprint density at radius 3 is 2.32 bits per heavy atom. The number of aliphatic hydroxyl groups excluding tert-OH is 1. The Morgan fingerprint density at radius 1 is 0.919 bits per heavy atom. The van der Waals surface area contributed by atoms with Gasteiger partial charge in [0.05, 0.1) is 24.3 Å². The van der Waals surface area contributed by atoms with Crippen LogP contribution in [0.25, 0.3) is 5.76 Å². The average Bonchev–Trinajstić information content (AvgIpc) is 3.12. The number of rotatable bonds is 8. The maximum atomic E-state index is 13.5. The topological polar surface area (TPSA) is 76.1 Å². The Morgan fingerprint density at radius 2 is 1.62 bits per heavy atom. The largest absolute Gasteiger partial charge is 0.507 e. The molecule has 3 aromatic carbocycles. The molecule has 37 heavy (non-hydrogen) atoms. The van der Waals surface area contributed by atoms with Crippen LogP contribution in [0.1, 0.15) is 50.4 Å². The molecule has 1 aliphatic rings. The molecule has 4 rings (SSSR count). The van der Waals surface area contributed by atoms with Crippen molar-refractivity contribution in [3.8, 4) is 11.5 Å². The van der Waals surface area contributed by atoms with E-state index in [0.29, 0.717) is 40.8 Å². The molecule has 192 valence electrons. The second-order valence-electron chi connectivity index (χ2n) is 9.98. The van der Waals surface area contributed by atoms with Crippen molar-refractivity contribution >= 4 is 23.1 Å². The summed E-state index contributed by atoms with van der Waals surface area (Å²) in [4.78, 5) is 28.4. The lowest BCUT2D eigenvalue weighted by atomic mass is 9.94. The van der Waals surface area contributed by atoms with Crippen molar-refractivity contribution in [3.63, 3.8) is 0 Å². The van der Waals surface area contributed by atoms with Crippen molar-refractivity contribution in [2.45, 2.75) is 46.8 Å². The van der Waals surface area contributed by atoms with Gasteiger partial charge in [-0.3, -0.25) is 14.5 Å².